The minimum absolute atomic E-state index is 0.133. The molecule has 0 amide bonds. The molecule has 1 aliphatic heterocycles. The van der Waals surface area contributed by atoms with Gasteiger partial charge in [0.2, 0.25) is 0 Å². The number of Topliss-reactive ketones (excluding diaryl/α,β-unsaturated/α-hetero) is 1. The summed E-state index contributed by atoms with van der Waals surface area (Å²) in [7, 11) is 0. The number of halogens is 1. The van der Waals surface area contributed by atoms with Gasteiger partial charge >= 0.3 is 0 Å². The number of carbonyl (C=O) groups is 1. The van der Waals surface area contributed by atoms with E-state index < -0.39 is 6.67 Å². The molecule has 0 aromatic heterocycles. The highest BCUT2D eigenvalue weighted by atomic mass is 19.1. The Morgan fingerprint density at radius 2 is 2.12 bits per heavy atom. The van der Waals surface area contributed by atoms with Gasteiger partial charge in [-0.25, -0.2) is 4.39 Å². The van der Waals surface area contributed by atoms with Crippen LogP contribution in [0, 0.1) is 0 Å². The summed E-state index contributed by atoms with van der Waals surface area (Å²) < 4.78 is 23.3. The molecule has 1 heterocycles. The Bertz CT molecular complexity index is 420. The van der Waals surface area contributed by atoms with Gasteiger partial charge in [0.1, 0.15) is 19.9 Å². The third-order valence-electron chi connectivity index (χ3n) is 2.34. The highest BCUT2D eigenvalue weighted by Gasteiger charge is 2.21. The minimum atomic E-state index is -0.651. The van der Waals surface area contributed by atoms with Crippen LogP contribution in [0.1, 0.15) is 15.9 Å². The van der Waals surface area contributed by atoms with Crippen molar-refractivity contribution in [1.82, 2.24) is 0 Å². The standard InChI is InChI=1S/C11H12FNO3/c12-5-7-3-8(9(14)6-13)11-10(4-7)15-1-2-16-11/h3-4H,1-2,5-6,13H2. The van der Waals surface area contributed by atoms with Crippen LogP contribution in [-0.4, -0.2) is 25.5 Å². The number of hydrogen-bond acceptors (Lipinski definition) is 4. The van der Waals surface area contributed by atoms with Crippen LogP contribution in [0.3, 0.4) is 0 Å². The molecular formula is C11H12FNO3. The SMILES string of the molecule is NCC(=O)c1cc(CF)cc2c1OCCO2. The summed E-state index contributed by atoms with van der Waals surface area (Å²) in [5.74, 6) is 0.508. The van der Waals surface area contributed by atoms with Gasteiger partial charge < -0.3 is 15.2 Å². The third kappa shape index (κ3) is 1.86. The number of nitrogens with two attached hydrogens (primary N) is 1. The molecule has 0 atom stereocenters. The van der Waals surface area contributed by atoms with Crippen molar-refractivity contribution >= 4 is 5.78 Å². The summed E-state index contributed by atoms with van der Waals surface area (Å²) in [6.45, 7) is -0.00114. The van der Waals surface area contributed by atoms with Crippen LogP contribution in [0.15, 0.2) is 12.1 Å². The van der Waals surface area contributed by atoms with E-state index in [4.69, 9.17) is 15.2 Å². The average Bonchev–Trinajstić information content (AvgIpc) is 2.36. The number of alkyl halides is 1. The zero-order valence-electron chi connectivity index (χ0n) is 8.66. The van der Waals surface area contributed by atoms with Crippen LogP contribution in [0.5, 0.6) is 11.5 Å². The van der Waals surface area contributed by atoms with Crippen molar-refractivity contribution in [2.75, 3.05) is 19.8 Å². The monoisotopic (exact) mass is 225 g/mol. The van der Waals surface area contributed by atoms with Crippen LogP contribution >= 0.6 is 0 Å². The zero-order chi connectivity index (χ0) is 11.5. The van der Waals surface area contributed by atoms with Gasteiger partial charge in [-0.05, 0) is 17.7 Å². The van der Waals surface area contributed by atoms with Gasteiger partial charge in [-0.1, -0.05) is 0 Å². The molecule has 0 fully saturated rings. The molecule has 0 unspecified atom stereocenters. The molecular weight excluding hydrogens is 213 g/mol. The number of benzene rings is 1. The molecule has 1 aliphatic rings. The Kier molecular flexibility index (Phi) is 3.05. The van der Waals surface area contributed by atoms with E-state index in [1.807, 2.05) is 0 Å². The predicted molar refractivity (Wildman–Crippen MR) is 55.6 cm³/mol. The lowest BCUT2D eigenvalue weighted by molar-refractivity contribution is 0.0990. The van der Waals surface area contributed by atoms with Crippen molar-refractivity contribution in [3.05, 3.63) is 23.3 Å². The molecule has 0 saturated heterocycles. The van der Waals surface area contributed by atoms with E-state index in [-0.39, 0.29) is 12.3 Å². The molecule has 0 bridgehead atoms. The molecule has 86 valence electrons. The first-order chi connectivity index (χ1) is 7.76. The molecule has 1 aromatic carbocycles. The summed E-state index contributed by atoms with van der Waals surface area (Å²) in [5, 5.41) is 0. The Balaban J connectivity index is 2.51. The smallest absolute Gasteiger partial charge is 0.180 e. The fourth-order valence-electron chi connectivity index (χ4n) is 1.60. The number of carbonyl (C=O) groups excluding carboxylic acids is 1. The van der Waals surface area contributed by atoms with Gasteiger partial charge in [0.15, 0.2) is 17.3 Å². The Hall–Kier alpha value is -1.62. The van der Waals surface area contributed by atoms with Crippen molar-refractivity contribution in [3.63, 3.8) is 0 Å². The van der Waals surface area contributed by atoms with Crippen molar-refractivity contribution in [2.45, 2.75) is 6.67 Å². The van der Waals surface area contributed by atoms with E-state index in [2.05, 4.69) is 0 Å². The second kappa shape index (κ2) is 4.49. The first-order valence-corrected chi connectivity index (χ1v) is 4.98. The first-order valence-electron chi connectivity index (χ1n) is 4.98. The van der Waals surface area contributed by atoms with Crippen LogP contribution < -0.4 is 15.2 Å². The highest BCUT2D eigenvalue weighted by molar-refractivity contribution is 6.01. The summed E-state index contributed by atoms with van der Waals surface area (Å²) in [5.41, 5.74) is 5.98. The van der Waals surface area contributed by atoms with E-state index in [9.17, 15) is 9.18 Å². The van der Waals surface area contributed by atoms with Crippen molar-refractivity contribution in [3.8, 4) is 11.5 Å². The van der Waals surface area contributed by atoms with Crippen molar-refractivity contribution in [1.29, 1.82) is 0 Å². The average molecular weight is 225 g/mol. The van der Waals surface area contributed by atoms with E-state index in [1.54, 1.807) is 6.07 Å². The van der Waals surface area contributed by atoms with Gasteiger partial charge in [0, 0.05) is 0 Å². The van der Waals surface area contributed by atoms with Crippen molar-refractivity contribution in [2.24, 2.45) is 5.73 Å². The van der Waals surface area contributed by atoms with E-state index in [1.165, 1.54) is 6.07 Å². The fraction of sp³-hybridized carbons (Fsp3) is 0.364. The molecule has 2 N–H and O–H groups in total. The topological polar surface area (TPSA) is 61.6 Å². The molecule has 1 aromatic rings. The molecule has 16 heavy (non-hydrogen) atoms. The van der Waals surface area contributed by atoms with Gasteiger partial charge in [-0.2, -0.15) is 0 Å². The van der Waals surface area contributed by atoms with Crippen LogP contribution in [0.25, 0.3) is 0 Å². The minimum Gasteiger partial charge on any atom is -0.486 e. The van der Waals surface area contributed by atoms with Crippen LogP contribution in [-0.2, 0) is 6.67 Å². The number of ketones is 1. The van der Waals surface area contributed by atoms with E-state index in [0.717, 1.165) is 0 Å². The normalized spacial score (nSPS) is 13.6. The number of hydrogen-bond donors (Lipinski definition) is 1. The fourth-order valence-corrected chi connectivity index (χ4v) is 1.60. The Morgan fingerprint density at radius 1 is 1.38 bits per heavy atom. The molecule has 0 radical (unpaired) electrons. The van der Waals surface area contributed by atoms with Gasteiger partial charge in [-0.3, -0.25) is 4.79 Å². The lowest BCUT2D eigenvalue weighted by Crippen LogP contribution is -2.21. The lowest BCUT2D eigenvalue weighted by Gasteiger charge is -2.21. The number of fused-ring (bicyclic) bond motifs is 1. The molecule has 0 saturated carbocycles. The Labute approximate surface area is 92.1 Å². The second-order valence-electron chi connectivity index (χ2n) is 3.43. The molecule has 0 aliphatic carbocycles. The van der Waals surface area contributed by atoms with Gasteiger partial charge in [-0.15, -0.1) is 0 Å². The van der Waals surface area contributed by atoms with Gasteiger partial charge in [0.25, 0.3) is 0 Å². The van der Waals surface area contributed by atoms with E-state index >= 15 is 0 Å². The number of rotatable bonds is 3. The quantitative estimate of drug-likeness (QED) is 0.781. The molecule has 2 rings (SSSR count). The first kappa shape index (κ1) is 10.9. The van der Waals surface area contributed by atoms with Gasteiger partial charge in [0.05, 0.1) is 12.1 Å². The molecule has 0 spiro atoms. The maximum atomic E-state index is 12.6. The van der Waals surface area contributed by atoms with Crippen LogP contribution in [0.4, 0.5) is 4.39 Å². The molecule has 4 nitrogen and oxygen atoms in total. The lowest BCUT2D eigenvalue weighted by atomic mass is 10.0. The summed E-state index contributed by atoms with van der Waals surface area (Å²) >= 11 is 0. The van der Waals surface area contributed by atoms with E-state index in [0.29, 0.717) is 35.8 Å². The third-order valence-corrected chi connectivity index (χ3v) is 2.34. The largest absolute Gasteiger partial charge is 0.486 e. The van der Waals surface area contributed by atoms with Crippen LogP contribution in [0.2, 0.25) is 0 Å². The number of ether oxygens (including phenoxy) is 2. The second-order valence-corrected chi connectivity index (χ2v) is 3.43. The highest BCUT2D eigenvalue weighted by Crippen LogP contribution is 2.35. The zero-order valence-corrected chi connectivity index (χ0v) is 8.66. The summed E-state index contributed by atoms with van der Waals surface area (Å²) in [6, 6.07) is 3.00. The Morgan fingerprint density at radius 3 is 2.81 bits per heavy atom. The maximum Gasteiger partial charge on any atom is 0.180 e. The summed E-state index contributed by atoms with van der Waals surface area (Å²) in [4.78, 5) is 11.6. The molecule has 5 heteroatoms. The predicted octanol–water partition coefficient (Wildman–Crippen LogP) is 1.07. The summed E-state index contributed by atoms with van der Waals surface area (Å²) in [6.07, 6.45) is 0. The maximum absolute atomic E-state index is 12.6. The van der Waals surface area contributed by atoms with Crippen molar-refractivity contribution < 1.29 is 18.7 Å².